The molecule has 1 saturated heterocycles. The molecule has 0 N–H and O–H groups in total. The predicted octanol–water partition coefficient (Wildman–Crippen LogP) is 3.90. The van der Waals surface area contributed by atoms with E-state index >= 15 is 0 Å². The van der Waals surface area contributed by atoms with Crippen molar-refractivity contribution in [2.24, 2.45) is 11.3 Å². The average molecular weight is 464 g/mol. The van der Waals surface area contributed by atoms with Crippen LogP contribution in [0.15, 0.2) is 33.9 Å². The second-order valence-electron chi connectivity index (χ2n) is 10.5. The van der Waals surface area contributed by atoms with Crippen molar-refractivity contribution in [1.29, 1.82) is 10.5 Å². The zero-order chi connectivity index (χ0) is 25.0. The molecule has 8 nitrogen and oxygen atoms in total. The number of amides is 1. The highest BCUT2D eigenvalue weighted by atomic mass is 16.6. The molecule has 0 aromatic heterocycles. The van der Waals surface area contributed by atoms with Gasteiger partial charge in [0.15, 0.2) is 11.2 Å². The van der Waals surface area contributed by atoms with E-state index in [4.69, 9.17) is 9.47 Å². The number of ketones is 1. The van der Waals surface area contributed by atoms with E-state index in [1.54, 1.807) is 4.90 Å². The van der Waals surface area contributed by atoms with Crippen molar-refractivity contribution < 1.29 is 23.9 Å². The fraction of sp³-hybridized carbons (Fsp3) is 0.577. The van der Waals surface area contributed by atoms with E-state index in [9.17, 15) is 24.9 Å². The quantitative estimate of drug-likeness (QED) is 0.450. The molecule has 2 aliphatic carbocycles. The van der Waals surface area contributed by atoms with Gasteiger partial charge in [-0.15, -0.1) is 0 Å². The van der Waals surface area contributed by atoms with Crippen LogP contribution >= 0.6 is 0 Å². The number of esters is 1. The highest BCUT2D eigenvalue weighted by Gasteiger charge is 2.55. The third kappa shape index (κ3) is 3.72. The normalized spacial score (nSPS) is 27.3. The number of rotatable bonds is 2. The van der Waals surface area contributed by atoms with Crippen LogP contribution in [0.5, 0.6) is 0 Å². The van der Waals surface area contributed by atoms with E-state index in [0.29, 0.717) is 23.1 Å². The minimum Gasteiger partial charge on any atom is -0.461 e. The Hall–Kier alpha value is -3.39. The first-order valence-corrected chi connectivity index (χ1v) is 11.6. The maximum absolute atomic E-state index is 13.1. The van der Waals surface area contributed by atoms with Crippen LogP contribution in [0.1, 0.15) is 60.3 Å². The summed E-state index contributed by atoms with van der Waals surface area (Å²) in [6.45, 7) is 8.48. The molecule has 0 aromatic carbocycles. The number of nitrogens with zero attached hydrogens (tertiary/aromatic N) is 3. The lowest BCUT2D eigenvalue weighted by atomic mass is 9.69. The first kappa shape index (κ1) is 23.8. The zero-order valence-electron chi connectivity index (χ0n) is 20.2. The monoisotopic (exact) mass is 463 g/mol. The second kappa shape index (κ2) is 8.13. The van der Waals surface area contributed by atoms with Crippen LogP contribution in [0, 0.1) is 34.0 Å². The molecule has 8 heteroatoms. The molecule has 3 atom stereocenters. The van der Waals surface area contributed by atoms with E-state index in [1.807, 2.05) is 33.8 Å². The molecule has 2 bridgehead atoms. The van der Waals surface area contributed by atoms with Gasteiger partial charge in [0, 0.05) is 37.3 Å². The van der Waals surface area contributed by atoms with E-state index in [2.05, 4.69) is 12.1 Å². The molecular formula is C26H29N3O5. The molecule has 4 aliphatic rings. The van der Waals surface area contributed by atoms with Gasteiger partial charge in [0.05, 0.1) is 18.2 Å². The molecule has 0 saturated carbocycles. The van der Waals surface area contributed by atoms with Gasteiger partial charge in [0.1, 0.15) is 12.2 Å². The summed E-state index contributed by atoms with van der Waals surface area (Å²) in [7, 11) is 0. The summed E-state index contributed by atoms with van der Waals surface area (Å²) < 4.78 is 10.8. The molecule has 178 valence electrons. The van der Waals surface area contributed by atoms with Crippen LogP contribution in [0.2, 0.25) is 0 Å². The summed E-state index contributed by atoms with van der Waals surface area (Å²) >= 11 is 0. The maximum Gasteiger partial charge on any atom is 0.411 e. The van der Waals surface area contributed by atoms with Crippen molar-refractivity contribution >= 4 is 17.8 Å². The average Bonchev–Trinajstić information content (AvgIpc) is 3.20. The van der Waals surface area contributed by atoms with Crippen LogP contribution in [0.3, 0.4) is 0 Å². The molecule has 34 heavy (non-hydrogen) atoms. The number of hydrogen-bond donors (Lipinski definition) is 0. The number of Topliss-reactive ketones (excluding diaryl/α,β-unsaturated/α-hetero) is 1. The molecular weight excluding hydrogens is 434 g/mol. The van der Waals surface area contributed by atoms with Crippen molar-refractivity contribution in [2.75, 3.05) is 6.61 Å². The predicted molar refractivity (Wildman–Crippen MR) is 121 cm³/mol. The Morgan fingerprint density at radius 1 is 1.21 bits per heavy atom. The Kier molecular flexibility index (Phi) is 5.68. The maximum atomic E-state index is 13.1. The van der Waals surface area contributed by atoms with Crippen molar-refractivity contribution in [3.8, 4) is 12.1 Å². The molecule has 1 fully saturated rings. The van der Waals surface area contributed by atoms with Gasteiger partial charge in [-0.2, -0.15) is 10.5 Å². The van der Waals surface area contributed by atoms with E-state index < -0.39 is 23.1 Å². The molecule has 0 aromatic rings. The zero-order valence-corrected chi connectivity index (χ0v) is 20.2. The van der Waals surface area contributed by atoms with Crippen LogP contribution in [-0.2, 0) is 19.1 Å². The summed E-state index contributed by atoms with van der Waals surface area (Å²) in [5, 5.41) is 20.5. The number of carbonyl (C=O) groups excluding carboxylic acids is 3. The van der Waals surface area contributed by atoms with Gasteiger partial charge in [-0.05, 0) is 57.3 Å². The van der Waals surface area contributed by atoms with Gasteiger partial charge in [0.25, 0.3) is 0 Å². The lowest BCUT2D eigenvalue weighted by molar-refractivity contribution is -0.140. The molecule has 0 radical (unpaired) electrons. The molecule has 4 rings (SSSR count). The van der Waals surface area contributed by atoms with Crippen molar-refractivity contribution in [1.82, 2.24) is 4.90 Å². The molecule has 2 heterocycles. The summed E-state index contributed by atoms with van der Waals surface area (Å²) in [4.78, 5) is 39.2. The first-order valence-electron chi connectivity index (χ1n) is 11.6. The van der Waals surface area contributed by atoms with Crippen LogP contribution in [0.25, 0.3) is 0 Å². The van der Waals surface area contributed by atoms with E-state index in [-0.39, 0.29) is 43.2 Å². The number of hydrogen-bond acceptors (Lipinski definition) is 7. The van der Waals surface area contributed by atoms with E-state index in [0.717, 1.165) is 17.6 Å². The van der Waals surface area contributed by atoms with Gasteiger partial charge in [-0.3, -0.25) is 14.5 Å². The summed E-state index contributed by atoms with van der Waals surface area (Å²) in [5.74, 6) is -1.02. The Bertz CT molecular complexity index is 1140. The van der Waals surface area contributed by atoms with Gasteiger partial charge in [0.2, 0.25) is 0 Å². The number of allylic oxidation sites excluding steroid dienone is 2. The fourth-order valence-corrected chi connectivity index (χ4v) is 5.83. The van der Waals surface area contributed by atoms with E-state index in [1.165, 1.54) is 6.92 Å². The fourth-order valence-electron chi connectivity index (χ4n) is 5.83. The van der Waals surface area contributed by atoms with Crippen molar-refractivity contribution in [3.05, 3.63) is 33.9 Å². The smallest absolute Gasteiger partial charge is 0.411 e. The van der Waals surface area contributed by atoms with Gasteiger partial charge >= 0.3 is 12.1 Å². The third-order valence-electron chi connectivity index (χ3n) is 7.25. The van der Waals surface area contributed by atoms with Crippen LogP contribution in [0.4, 0.5) is 4.79 Å². The van der Waals surface area contributed by atoms with Gasteiger partial charge < -0.3 is 9.47 Å². The van der Waals surface area contributed by atoms with Gasteiger partial charge in [-0.25, -0.2) is 4.79 Å². The van der Waals surface area contributed by atoms with Crippen molar-refractivity contribution in [2.45, 2.75) is 78.0 Å². The third-order valence-corrected chi connectivity index (χ3v) is 7.25. The first-order chi connectivity index (χ1) is 15.9. The van der Waals surface area contributed by atoms with Crippen LogP contribution in [-0.4, -0.2) is 47.0 Å². The largest absolute Gasteiger partial charge is 0.461 e. The number of nitriles is 2. The lowest BCUT2D eigenvalue weighted by Crippen LogP contribution is -2.51. The van der Waals surface area contributed by atoms with Crippen molar-refractivity contribution in [3.63, 3.8) is 0 Å². The SMILES string of the molecule is CC(=O)OCC1=C2CC(C#N)(C#N)C3=CC4CCC([C@@H]3C(C)=C2CC1=O)N4C(=O)OC(C)(C)C. The van der Waals surface area contributed by atoms with Gasteiger partial charge in [-0.1, -0.05) is 11.6 Å². The summed E-state index contributed by atoms with van der Waals surface area (Å²) in [6.07, 6.45) is 3.12. The minimum absolute atomic E-state index is 0.0588. The highest BCUT2D eigenvalue weighted by Crippen LogP contribution is 2.55. The Balaban J connectivity index is 1.87. The standard InChI is InChI=1S/C26H29N3O5/c1-14-17-9-22(31)19(11-33-15(2)30)18(17)10-26(12-27,13-28)20-8-16-6-7-21(23(14)20)29(16)24(32)34-25(3,4)5/h8,16,21,23H,6-7,9-11H2,1-5H3/t16?,21?,23-/m1/s1. The summed E-state index contributed by atoms with van der Waals surface area (Å²) in [6, 6.07) is 3.98. The van der Waals surface area contributed by atoms with Crippen LogP contribution < -0.4 is 0 Å². The number of fused-ring (bicyclic) bond motifs is 5. The Morgan fingerprint density at radius 2 is 1.88 bits per heavy atom. The molecule has 2 unspecified atom stereocenters. The molecule has 2 aliphatic heterocycles. The Labute approximate surface area is 199 Å². The minimum atomic E-state index is -1.48. The molecule has 1 amide bonds. The summed E-state index contributed by atoms with van der Waals surface area (Å²) in [5.41, 5.74) is 1.24. The second-order valence-corrected chi connectivity index (χ2v) is 10.5. The Morgan fingerprint density at radius 3 is 2.47 bits per heavy atom. The lowest BCUT2D eigenvalue weighted by Gasteiger charge is -2.42. The number of carbonyl (C=O) groups is 3. The topological polar surface area (TPSA) is 120 Å². The molecule has 0 spiro atoms. The number of ether oxygens (including phenoxy) is 2. The highest BCUT2D eigenvalue weighted by molar-refractivity contribution is 6.03.